The summed E-state index contributed by atoms with van der Waals surface area (Å²) < 4.78 is 17.6. The molecule has 6 nitrogen and oxygen atoms in total. The number of anilines is 2. The molecule has 2 aromatic carbocycles. The number of hydrogen-bond donors (Lipinski definition) is 2. The molecular formula is C18H14FN3O3S. The number of ether oxygens (including phenoxy) is 1. The quantitative estimate of drug-likeness (QED) is 0.713. The van der Waals surface area contributed by atoms with Crippen molar-refractivity contribution in [3.05, 3.63) is 66.0 Å². The molecule has 0 aliphatic carbocycles. The average Bonchev–Trinajstić information content (AvgIpc) is 3.05. The van der Waals surface area contributed by atoms with Crippen LogP contribution in [0.5, 0.6) is 0 Å². The molecule has 0 unspecified atom stereocenters. The Labute approximate surface area is 152 Å². The molecule has 1 aromatic heterocycles. The zero-order valence-corrected chi connectivity index (χ0v) is 14.5. The predicted octanol–water partition coefficient (Wildman–Crippen LogP) is 4.38. The van der Waals surface area contributed by atoms with Gasteiger partial charge in [-0.2, -0.15) is 0 Å². The summed E-state index contributed by atoms with van der Waals surface area (Å²) in [6, 6.07) is 14.4. The first-order chi connectivity index (χ1) is 12.6. The Kier molecular flexibility index (Phi) is 5.23. The van der Waals surface area contributed by atoms with Crippen LogP contribution in [0.2, 0.25) is 0 Å². The van der Waals surface area contributed by atoms with E-state index in [1.54, 1.807) is 0 Å². The zero-order valence-electron chi connectivity index (χ0n) is 13.7. The van der Waals surface area contributed by atoms with Crippen LogP contribution in [0.4, 0.5) is 19.3 Å². The van der Waals surface area contributed by atoms with Crippen molar-refractivity contribution in [2.75, 3.05) is 17.7 Å². The largest absolute Gasteiger partial charge is 0.453 e. The van der Waals surface area contributed by atoms with Gasteiger partial charge in [0.1, 0.15) is 16.5 Å². The minimum atomic E-state index is -0.637. The molecule has 1 heterocycles. The van der Waals surface area contributed by atoms with Gasteiger partial charge in [-0.1, -0.05) is 41.7 Å². The summed E-state index contributed by atoms with van der Waals surface area (Å²) in [5, 5.41) is 5.98. The molecule has 0 saturated heterocycles. The van der Waals surface area contributed by atoms with Crippen molar-refractivity contribution in [1.82, 2.24) is 4.98 Å². The van der Waals surface area contributed by atoms with Crippen LogP contribution in [0.15, 0.2) is 54.6 Å². The first-order valence-electron chi connectivity index (χ1n) is 7.55. The van der Waals surface area contributed by atoms with E-state index in [-0.39, 0.29) is 0 Å². The smallest absolute Gasteiger partial charge is 0.412 e. The van der Waals surface area contributed by atoms with Crippen LogP contribution in [-0.2, 0) is 4.74 Å². The second-order valence-electron chi connectivity index (χ2n) is 5.14. The van der Waals surface area contributed by atoms with Gasteiger partial charge in [-0.25, -0.2) is 14.2 Å². The van der Waals surface area contributed by atoms with E-state index in [0.717, 1.165) is 16.9 Å². The summed E-state index contributed by atoms with van der Waals surface area (Å²) in [6.07, 6.45) is -0.637. The van der Waals surface area contributed by atoms with E-state index in [2.05, 4.69) is 20.4 Å². The van der Waals surface area contributed by atoms with Gasteiger partial charge in [0.15, 0.2) is 5.13 Å². The maximum absolute atomic E-state index is 13.0. The molecule has 0 spiro atoms. The van der Waals surface area contributed by atoms with Crippen LogP contribution in [0.3, 0.4) is 0 Å². The molecule has 26 heavy (non-hydrogen) atoms. The number of rotatable bonds is 4. The topological polar surface area (TPSA) is 80.3 Å². The highest BCUT2D eigenvalue weighted by Gasteiger charge is 2.17. The van der Waals surface area contributed by atoms with Crippen LogP contribution >= 0.6 is 11.3 Å². The summed E-state index contributed by atoms with van der Waals surface area (Å²) in [5.74, 6) is -0.852. The molecule has 3 rings (SSSR count). The fourth-order valence-electron chi connectivity index (χ4n) is 2.16. The van der Waals surface area contributed by atoms with Gasteiger partial charge in [0.25, 0.3) is 5.91 Å². The molecule has 2 N–H and O–H groups in total. The monoisotopic (exact) mass is 371 g/mol. The molecular weight excluding hydrogens is 357 g/mol. The van der Waals surface area contributed by atoms with E-state index in [1.165, 1.54) is 31.4 Å². The number of methoxy groups -OCH3 is 1. The minimum Gasteiger partial charge on any atom is -0.453 e. The van der Waals surface area contributed by atoms with Crippen molar-refractivity contribution in [3.63, 3.8) is 0 Å². The standard InChI is InChI=1S/C18H14FN3O3S/c1-25-18(24)22-16-14(11-5-3-2-4-6-11)20-17(26-16)21-15(23)12-7-9-13(19)10-8-12/h2-10H,1H3,(H,22,24)(H,20,21,23). The summed E-state index contributed by atoms with van der Waals surface area (Å²) in [6.45, 7) is 0. The molecule has 0 saturated carbocycles. The third-order valence-electron chi connectivity index (χ3n) is 3.40. The van der Waals surface area contributed by atoms with Crippen molar-refractivity contribution >= 4 is 33.5 Å². The normalized spacial score (nSPS) is 10.2. The molecule has 8 heteroatoms. The van der Waals surface area contributed by atoms with E-state index in [0.29, 0.717) is 21.4 Å². The number of halogens is 1. The maximum Gasteiger partial charge on any atom is 0.412 e. The Bertz CT molecular complexity index is 927. The number of hydrogen-bond acceptors (Lipinski definition) is 5. The van der Waals surface area contributed by atoms with Gasteiger partial charge in [0.2, 0.25) is 0 Å². The second kappa shape index (κ2) is 7.75. The van der Waals surface area contributed by atoms with E-state index in [9.17, 15) is 14.0 Å². The Morgan fingerprint density at radius 1 is 1.04 bits per heavy atom. The number of nitrogens with one attached hydrogen (secondary N) is 2. The second-order valence-corrected chi connectivity index (χ2v) is 6.14. The Morgan fingerprint density at radius 2 is 1.73 bits per heavy atom. The average molecular weight is 371 g/mol. The van der Waals surface area contributed by atoms with Crippen LogP contribution in [0.1, 0.15) is 10.4 Å². The fourth-order valence-corrected chi connectivity index (χ4v) is 3.03. The molecule has 0 bridgehead atoms. The summed E-state index contributed by atoms with van der Waals surface area (Å²) in [5.41, 5.74) is 1.58. The van der Waals surface area contributed by atoms with Crippen LogP contribution in [0.25, 0.3) is 11.3 Å². The number of benzene rings is 2. The van der Waals surface area contributed by atoms with Crippen molar-refractivity contribution in [3.8, 4) is 11.3 Å². The lowest BCUT2D eigenvalue weighted by molar-refractivity contribution is 0.102. The summed E-state index contributed by atoms with van der Waals surface area (Å²) in [7, 11) is 1.26. The molecule has 0 fully saturated rings. The Morgan fingerprint density at radius 3 is 2.38 bits per heavy atom. The van der Waals surface area contributed by atoms with Crippen LogP contribution in [0, 0.1) is 5.82 Å². The van der Waals surface area contributed by atoms with Crippen LogP contribution in [-0.4, -0.2) is 24.1 Å². The van der Waals surface area contributed by atoms with Crippen molar-refractivity contribution in [2.24, 2.45) is 0 Å². The van der Waals surface area contributed by atoms with Crippen molar-refractivity contribution < 1.29 is 18.7 Å². The maximum atomic E-state index is 13.0. The van der Waals surface area contributed by atoms with E-state index >= 15 is 0 Å². The number of carbonyl (C=O) groups excluding carboxylic acids is 2. The number of amides is 2. The third-order valence-corrected chi connectivity index (χ3v) is 4.29. The van der Waals surface area contributed by atoms with Gasteiger partial charge in [0, 0.05) is 11.1 Å². The Balaban J connectivity index is 1.89. The van der Waals surface area contributed by atoms with Crippen LogP contribution < -0.4 is 10.6 Å². The van der Waals surface area contributed by atoms with Gasteiger partial charge in [-0.05, 0) is 24.3 Å². The highest BCUT2D eigenvalue weighted by molar-refractivity contribution is 7.20. The van der Waals surface area contributed by atoms with Crippen molar-refractivity contribution in [2.45, 2.75) is 0 Å². The molecule has 0 aliphatic rings. The van der Waals surface area contributed by atoms with E-state index < -0.39 is 17.8 Å². The molecule has 0 atom stereocenters. The number of thiazole rings is 1. The predicted molar refractivity (Wildman–Crippen MR) is 97.9 cm³/mol. The van der Waals surface area contributed by atoms with E-state index in [1.807, 2.05) is 30.3 Å². The Hall–Kier alpha value is -3.26. The van der Waals surface area contributed by atoms with Crippen molar-refractivity contribution in [1.29, 1.82) is 0 Å². The van der Waals surface area contributed by atoms with Gasteiger partial charge in [-0.3, -0.25) is 15.4 Å². The number of carbonyl (C=O) groups is 2. The van der Waals surface area contributed by atoms with Gasteiger partial charge >= 0.3 is 6.09 Å². The number of aromatic nitrogens is 1. The van der Waals surface area contributed by atoms with Gasteiger partial charge < -0.3 is 4.74 Å². The van der Waals surface area contributed by atoms with Gasteiger partial charge in [0.05, 0.1) is 7.11 Å². The first-order valence-corrected chi connectivity index (χ1v) is 8.36. The lowest BCUT2D eigenvalue weighted by atomic mass is 10.2. The third kappa shape index (κ3) is 4.04. The molecule has 132 valence electrons. The first kappa shape index (κ1) is 17.6. The fraction of sp³-hybridized carbons (Fsp3) is 0.0556. The SMILES string of the molecule is COC(=O)Nc1sc(NC(=O)c2ccc(F)cc2)nc1-c1ccccc1. The lowest BCUT2D eigenvalue weighted by Gasteiger charge is -2.03. The molecule has 0 radical (unpaired) electrons. The molecule has 3 aromatic rings. The zero-order chi connectivity index (χ0) is 18.5. The highest BCUT2D eigenvalue weighted by atomic mass is 32.1. The van der Waals surface area contributed by atoms with E-state index in [4.69, 9.17) is 0 Å². The molecule has 0 aliphatic heterocycles. The number of nitrogens with zero attached hydrogens (tertiary/aromatic N) is 1. The highest BCUT2D eigenvalue weighted by Crippen LogP contribution is 2.36. The van der Waals surface area contributed by atoms with Gasteiger partial charge in [-0.15, -0.1) is 0 Å². The summed E-state index contributed by atoms with van der Waals surface area (Å²) in [4.78, 5) is 28.2. The minimum absolute atomic E-state index is 0.296. The molecule has 2 amide bonds. The lowest BCUT2D eigenvalue weighted by Crippen LogP contribution is -2.11. The summed E-state index contributed by atoms with van der Waals surface area (Å²) >= 11 is 1.10.